The van der Waals surface area contributed by atoms with Gasteiger partial charge in [-0.25, -0.2) is 4.79 Å². The van der Waals surface area contributed by atoms with Crippen molar-refractivity contribution in [3.8, 4) is 0 Å². The van der Waals surface area contributed by atoms with Crippen molar-refractivity contribution in [1.82, 2.24) is 9.80 Å². The van der Waals surface area contributed by atoms with Gasteiger partial charge in [-0.15, -0.1) is 0 Å². The fourth-order valence-corrected chi connectivity index (χ4v) is 2.42. The van der Waals surface area contributed by atoms with E-state index in [0.717, 1.165) is 19.5 Å². The maximum absolute atomic E-state index is 12.2. The molecule has 0 aromatic rings. The molecule has 1 heterocycles. The summed E-state index contributed by atoms with van der Waals surface area (Å²) in [4.78, 5) is 16.3. The van der Waals surface area contributed by atoms with Gasteiger partial charge in [0.25, 0.3) is 0 Å². The Labute approximate surface area is 134 Å². The molecule has 6 nitrogen and oxygen atoms in total. The average Bonchev–Trinajstić information content (AvgIpc) is 2.43. The number of nitrogens with zero attached hydrogens (tertiary/aromatic N) is 2. The predicted molar refractivity (Wildman–Crippen MR) is 87.9 cm³/mol. The average molecular weight is 315 g/mol. The summed E-state index contributed by atoms with van der Waals surface area (Å²) in [5.41, 5.74) is 5.30. The molecule has 1 aliphatic rings. The Kier molecular flexibility index (Phi) is 6.65. The van der Waals surface area contributed by atoms with Gasteiger partial charge < -0.3 is 20.1 Å². The first kappa shape index (κ1) is 19.2. The number of rotatable bonds is 5. The van der Waals surface area contributed by atoms with E-state index in [0.29, 0.717) is 19.6 Å². The highest BCUT2D eigenvalue weighted by Crippen LogP contribution is 2.18. The van der Waals surface area contributed by atoms with E-state index in [1.54, 1.807) is 12.0 Å². The van der Waals surface area contributed by atoms with Crippen molar-refractivity contribution in [3.05, 3.63) is 0 Å². The second-order valence-corrected chi connectivity index (χ2v) is 7.57. The van der Waals surface area contributed by atoms with Crippen LogP contribution in [0.4, 0.5) is 4.79 Å². The zero-order chi connectivity index (χ0) is 17.0. The van der Waals surface area contributed by atoms with Crippen LogP contribution in [0.1, 0.15) is 41.0 Å². The van der Waals surface area contributed by atoms with Crippen molar-refractivity contribution in [2.45, 2.75) is 58.3 Å². The second-order valence-electron chi connectivity index (χ2n) is 7.57. The van der Waals surface area contributed by atoms with E-state index in [2.05, 4.69) is 18.7 Å². The number of ether oxygens (including phenoxy) is 2. The maximum Gasteiger partial charge on any atom is 0.410 e. The molecule has 0 aromatic carbocycles. The summed E-state index contributed by atoms with van der Waals surface area (Å²) < 4.78 is 10.9. The van der Waals surface area contributed by atoms with Crippen LogP contribution < -0.4 is 5.73 Å². The molecule has 1 saturated heterocycles. The van der Waals surface area contributed by atoms with Crippen LogP contribution in [0, 0.1) is 0 Å². The largest absolute Gasteiger partial charge is 0.444 e. The number of hydrogen-bond donors (Lipinski definition) is 1. The van der Waals surface area contributed by atoms with Crippen molar-refractivity contribution >= 4 is 6.09 Å². The van der Waals surface area contributed by atoms with E-state index < -0.39 is 5.60 Å². The van der Waals surface area contributed by atoms with Crippen molar-refractivity contribution in [2.24, 2.45) is 5.73 Å². The van der Waals surface area contributed by atoms with Gasteiger partial charge in [0.15, 0.2) is 0 Å². The molecule has 0 saturated carbocycles. The normalized spacial score (nSPS) is 21.0. The Morgan fingerprint density at radius 1 is 1.23 bits per heavy atom. The molecule has 0 aliphatic carbocycles. The van der Waals surface area contributed by atoms with Crippen LogP contribution in [0.15, 0.2) is 0 Å². The molecule has 1 amide bonds. The second kappa shape index (κ2) is 7.62. The molecule has 130 valence electrons. The molecule has 1 aliphatic heterocycles. The third-order valence-corrected chi connectivity index (χ3v) is 4.08. The van der Waals surface area contributed by atoms with Gasteiger partial charge in [0, 0.05) is 45.9 Å². The van der Waals surface area contributed by atoms with Gasteiger partial charge in [-0.05, 0) is 41.0 Å². The fraction of sp³-hybridized carbons (Fsp3) is 0.938. The Bertz CT molecular complexity index is 366. The maximum atomic E-state index is 12.2. The van der Waals surface area contributed by atoms with Crippen LogP contribution in [0.25, 0.3) is 0 Å². The van der Waals surface area contributed by atoms with Crippen molar-refractivity contribution in [3.63, 3.8) is 0 Å². The van der Waals surface area contributed by atoms with Crippen LogP contribution >= 0.6 is 0 Å². The lowest BCUT2D eigenvalue weighted by Gasteiger charge is -2.42. The molecule has 0 bridgehead atoms. The van der Waals surface area contributed by atoms with Gasteiger partial charge in [-0.3, -0.25) is 4.90 Å². The number of carbonyl (C=O) groups is 1. The molecule has 1 fully saturated rings. The minimum Gasteiger partial charge on any atom is -0.444 e. The summed E-state index contributed by atoms with van der Waals surface area (Å²) in [5.74, 6) is 0. The third kappa shape index (κ3) is 6.10. The molecular weight excluding hydrogens is 282 g/mol. The summed E-state index contributed by atoms with van der Waals surface area (Å²) in [6.45, 7) is 13.4. The van der Waals surface area contributed by atoms with Gasteiger partial charge in [0.1, 0.15) is 5.60 Å². The van der Waals surface area contributed by atoms with Crippen molar-refractivity contribution in [1.29, 1.82) is 0 Å². The van der Waals surface area contributed by atoms with Gasteiger partial charge >= 0.3 is 6.09 Å². The van der Waals surface area contributed by atoms with Crippen LogP contribution in [0.2, 0.25) is 0 Å². The quantitative estimate of drug-likeness (QED) is 0.836. The smallest absolute Gasteiger partial charge is 0.410 e. The van der Waals surface area contributed by atoms with Crippen molar-refractivity contribution < 1.29 is 14.3 Å². The molecule has 0 radical (unpaired) electrons. The monoisotopic (exact) mass is 315 g/mol. The Morgan fingerprint density at radius 3 is 2.36 bits per heavy atom. The number of hydrogen-bond acceptors (Lipinski definition) is 5. The van der Waals surface area contributed by atoms with E-state index in [1.807, 2.05) is 20.8 Å². The number of amides is 1. The van der Waals surface area contributed by atoms with E-state index in [1.165, 1.54) is 0 Å². The first-order valence-electron chi connectivity index (χ1n) is 8.05. The van der Waals surface area contributed by atoms with E-state index >= 15 is 0 Å². The van der Waals surface area contributed by atoms with Crippen LogP contribution in [0.5, 0.6) is 0 Å². The number of carbonyl (C=O) groups excluding carboxylic acids is 1. The molecule has 0 aromatic heterocycles. The number of methoxy groups -OCH3 is 1. The lowest BCUT2D eigenvalue weighted by molar-refractivity contribution is -0.0137. The number of nitrogens with two attached hydrogens (primary N) is 1. The molecule has 22 heavy (non-hydrogen) atoms. The highest BCUT2D eigenvalue weighted by molar-refractivity contribution is 5.68. The standard InChI is InChI=1S/C16H33N3O3/c1-15(2,3)22-14(20)19-10-9-18(13(11-17)12-19)8-7-16(4,5)21-6/h13H,7-12,17H2,1-6H3. The zero-order valence-corrected chi connectivity index (χ0v) is 15.0. The SMILES string of the molecule is COC(C)(C)CCN1CCN(C(=O)OC(C)(C)C)CC1CN. The molecule has 1 rings (SSSR count). The summed E-state index contributed by atoms with van der Waals surface area (Å²) >= 11 is 0. The topological polar surface area (TPSA) is 68.0 Å². The van der Waals surface area contributed by atoms with Gasteiger partial charge in [0.05, 0.1) is 5.60 Å². The highest BCUT2D eigenvalue weighted by Gasteiger charge is 2.32. The predicted octanol–water partition coefficient (Wildman–Crippen LogP) is 1.68. The first-order valence-corrected chi connectivity index (χ1v) is 8.05. The Morgan fingerprint density at radius 2 is 1.86 bits per heavy atom. The summed E-state index contributed by atoms with van der Waals surface area (Å²) in [6.07, 6.45) is 0.690. The molecule has 0 spiro atoms. The van der Waals surface area contributed by atoms with Crippen LogP contribution in [-0.2, 0) is 9.47 Å². The molecular formula is C16H33N3O3. The lowest BCUT2D eigenvalue weighted by atomic mass is 10.0. The van der Waals surface area contributed by atoms with E-state index in [4.69, 9.17) is 15.2 Å². The van der Waals surface area contributed by atoms with E-state index in [-0.39, 0.29) is 17.7 Å². The van der Waals surface area contributed by atoms with Crippen molar-refractivity contribution in [2.75, 3.05) is 39.8 Å². The zero-order valence-electron chi connectivity index (χ0n) is 15.0. The Hall–Kier alpha value is -0.850. The summed E-state index contributed by atoms with van der Waals surface area (Å²) in [6, 6.07) is 0.175. The summed E-state index contributed by atoms with van der Waals surface area (Å²) in [7, 11) is 1.74. The molecule has 1 atom stereocenters. The third-order valence-electron chi connectivity index (χ3n) is 4.08. The minimum absolute atomic E-state index is 0.137. The lowest BCUT2D eigenvalue weighted by Crippen LogP contribution is -2.58. The summed E-state index contributed by atoms with van der Waals surface area (Å²) in [5, 5.41) is 0. The molecule has 2 N–H and O–H groups in total. The highest BCUT2D eigenvalue weighted by atomic mass is 16.6. The van der Waals surface area contributed by atoms with Crippen LogP contribution in [0.3, 0.4) is 0 Å². The number of piperazine rings is 1. The Balaban J connectivity index is 2.55. The van der Waals surface area contributed by atoms with E-state index in [9.17, 15) is 4.79 Å². The molecule has 6 heteroatoms. The van der Waals surface area contributed by atoms with Gasteiger partial charge in [0.2, 0.25) is 0 Å². The minimum atomic E-state index is -0.463. The van der Waals surface area contributed by atoms with Gasteiger partial charge in [-0.2, -0.15) is 0 Å². The first-order chi connectivity index (χ1) is 10.1. The van der Waals surface area contributed by atoms with Crippen LogP contribution in [-0.4, -0.2) is 73.0 Å². The van der Waals surface area contributed by atoms with Gasteiger partial charge in [-0.1, -0.05) is 0 Å². The fourth-order valence-electron chi connectivity index (χ4n) is 2.42. The molecule has 1 unspecified atom stereocenters.